The SMILES string of the molecule is FC(F)(F)c1cccnc1N1CCN(c2ccc3c(c2)CCC2(CCN(C4CCC4)CC2)O3)CC1. The van der Waals surface area contributed by atoms with Crippen LogP contribution in [-0.2, 0) is 12.6 Å². The van der Waals surface area contributed by atoms with Crippen molar-refractivity contribution in [2.45, 2.75) is 62.8 Å². The van der Waals surface area contributed by atoms with E-state index in [4.69, 9.17) is 4.74 Å². The van der Waals surface area contributed by atoms with Gasteiger partial charge in [0.15, 0.2) is 0 Å². The van der Waals surface area contributed by atoms with Gasteiger partial charge in [0.1, 0.15) is 17.2 Å². The third-order valence-electron chi connectivity index (χ3n) is 8.56. The summed E-state index contributed by atoms with van der Waals surface area (Å²) in [4.78, 5) is 10.7. The fraction of sp³-hybridized carbons (Fsp3) is 0.593. The van der Waals surface area contributed by atoms with Crippen LogP contribution in [0.5, 0.6) is 5.75 Å². The van der Waals surface area contributed by atoms with Crippen molar-refractivity contribution < 1.29 is 17.9 Å². The van der Waals surface area contributed by atoms with E-state index < -0.39 is 11.7 Å². The Hall–Kier alpha value is -2.48. The van der Waals surface area contributed by atoms with E-state index in [0.29, 0.717) is 26.2 Å². The molecule has 0 amide bonds. The minimum Gasteiger partial charge on any atom is -0.487 e. The van der Waals surface area contributed by atoms with Gasteiger partial charge in [0.25, 0.3) is 0 Å². The molecule has 0 bridgehead atoms. The van der Waals surface area contributed by atoms with Crippen molar-refractivity contribution in [2.75, 3.05) is 49.1 Å². The molecule has 3 aliphatic heterocycles. The zero-order valence-corrected chi connectivity index (χ0v) is 20.1. The van der Waals surface area contributed by atoms with Crippen molar-refractivity contribution in [1.29, 1.82) is 0 Å². The number of pyridine rings is 1. The van der Waals surface area contributed by atoms with Crippen molar-refractivity contribution in [1.82, 2.24) is 9.88 Å². The number of likely N-dealkylation sites (tertiary alicyclic amines) is 1. The van der Waals surface area contributed by atoms with Crippen LogP contribution < -0.4 is 14.5 Å². The molecular weight excluding hydrogens is 453 g/mol. The summed E-state index contributed by atoms with van der Waals surface area (Å²) >= 11 is 0. The number of anilines is 2. The summed E-state index contributed by atoms with van der Waals surface area (Å²) in [7, 11) is 0. The first kappa shape index (κ1) is 23.0. The van der Waals surface area contributed by atoms with Crippen molar-refractivity contribution in [3.05, 3.63) is 47.7 Å². The Morgan fingerprint density at radius 3 is 2.34 bits per heavy atom. The fourth-order valence-electron chi connectivity index (χ4n) is 6.15. The average molecular weight is 487 g/mol. The van der Waals surface area contributed by atoms with E-state index in [0.717, 1.165) is 62.3 Å². The second kappa shape index (κ2) is 8.87. The summed E-state index contributed by atoms with van der Waals surface area (Å²) < 4.78 is 46.9. The molecule has 1 spiro atoms. The van der Waals surface area contributed by atoms with Gasteiger partial charge in [-0.2, -0.15) is 13.2 Å². The van der Waals surface area contributed by atoms with Crippen LogP contribution in [0.3, 0.4) is 0 Å². The predicted molar refractivity (Wildman–Crippen MR) is 130 cm³/mol. The zero-order chi connectivity index (χ0) is 24.0. The van der Waals surface area contributed by atoms with Gasteiger partial charge in [-0.15, -0.1) is 0 Å². The summed E-state index contributed by atoms with van der Waals surface area (Å²) in [6.07, 6.45) is 5.45. The molecule has 8 heteroatoms. The molecule has 4 aliphatic rings. The first-order valence-electron chi connectivity index (χ1n) is 13.0. The van der Waals surface area contributed by atoms with Crippen LogP contribution in [0.2, 0.25) is 0 Å². The lowest BCUT2D eigenvalue weighted by Gasteiger charge is -2.48. The van der Waals surface area contributed by atoms with Crippen LogP contribution in [0, 0.1) is 0 Å². The normalized spacial score (nSPS) is 23.1. The van der Waals surface area contributed by atoms with Gasteiger partial charge < -0.3 is 19.4 Å². The number of piperazine rings is 1. The summed E-state index contributed by atoms with van der Waals surface area (Å²) in [5, 5.41) is 0. The average Bonchev–Trinajstić information content (AvgIpc) is 2.84. The Balaban J connectivity index is 1.09. The third-order valence-corrected chi connectivity index (χ3v) is 8.56. The number of aryl methyl sites for hydroxylation is 1. The number of aromatic nitrogens is 1. The first-order chi connectivity index (χ1) is 16.9. The maximum absolute atomic E-state index is 13.4. The van der Waals surface area contributed by atoms with Gasteiger partial charge in [-0.05, 0) is 74.4 Å². The number of hydrogen-bond donors (Lipinski definition) is 0. The van der Waals surface area contributed by atoms with Gasteiger partial charge in [0.2, 0.25) is 0 Å². The van der Waals surface area contributed by atoms with Crippen LogP contribution in [0.4, 0.5) is 24.7 Å². The number of nitrogens with zero attached hydrogens (tertiary/aromatic N) is 4. The quantitative estimate of drug-likeness (QED) is 0.600. The largest absolute Gasteiger partial charge is 0.487 e. The molecule has 5 nitrogen and oxygen atoms in total. The Bertz CT molecular complexity index is 1050. The molecule has 0 atom stereocenters. The highest BCUT2D eigenvalue weighted by atomic mass is 19.4. The van der Waals surface area contributed by atoms with Crippen LogP contribution >= 0.6 is 0 Å². The summed E-state index contributed by atoms with van der Waals surface area (Å²) in [5.74, 6) is 1.05. The maximum atomic E-state index is 13.4. The van der Waals surface area contributed by atoms with Crippen LogP contribution in [0.1, 0.15) is 49.7 Å². The molecule has 1 saturated carbocycles. The van der Waals surface area contributed by atoms with Crippen molar-refractivity contribution in [2.24, 2.45) is 0 Å². The van der Waals surface area contributed by atoms with Crippen LogP contribution in [0.15, 0.2) is 36.5 Å². The Morgan fingerprint density at radius 2 is 1.66 bits per heavy atom. The van der Waals surface area contributed by atoms with E-state index in [-0.39, 0.29) is 11.4 Å². The van der Waals surface area contributed by atoms with Crippen LogP contribution in [-0.4, -0.2) is 60.8 Å². The number of ether oxygens (including phenoxy) is 1. The lowest BCUT2D eigenvalue weighted by Crippen LogP contribution is -2.53. The van der Waals surface area contributed by atoms with Gasteiger partial charge >= 0.3 is 6.18 Å². The molecule has 3 fully saturated rings. The second-order valence-electron chi connectivity index (χ2n) is 10.5. The third kappa shape index (κ3) is 4.46. The smallest absolute Gasteiger partial charge is 0.419 e. The van der Waals surface area contributed by atoms with Gasteiger partial charge in [-0.3, -0.25) is 0 Å². The van der Waals surface area contributed by atoms with Crippen molar-refractivity contribution in [3.8, 4) is 5.75 Å². The lowest BCUT2D eigenvalue weighted by atomic mass is 9.81. The highest BCUT2D eigenvalue weighted by Crippen LogP contribution is 2.42. The Labute approximate surface area is 204 Å². The summed E-state index contributed by atoms with van der Waals surface area (Å²) in [6.45, 7) is 4.63. The minimum absolute atomic E-state index is 0.0146. The molecule has 35 heavy (non-hydrogen) atoms. The second-order valence-corrected chi connectivity index (χ2v) is 10.5. The molecule has 2 saturated heterocycles. The van der Waals surface area contributed by atoms with E-state index >= 15 is 0 Å². The maximum Gasteiger partial charge on any atom is 0.419 e. The molecule has 1 aromatic carbocycles. The predicted octanol–water partition coefficient (Wildman–Crippen LogP) is 5.14. The van der Waals surface area contributed by atoms with Gasteiger partial charge in [-0.25, -0.2) is 4.98 Å². The van der Waals surface area contributed by atoms with Crippen molar-refractivity contribution >= 4 is 11.5 Å². The summed E-state index contributed by atoms with van der Waals surface area (Å²) in [6, 6.07) is 9.71. The zero-order valence-electron chi connectivity index (χ0n) is 20.1. The number of rotatable bonds is 3. The minimum atomic E-state index is -4.40. The van der Waals surface area contributed by atoms with Crippen molar-refractivity contribution in [3.63, 3.8) is 0 Å². The molecule has 6 rings (SSSR count). The molecule has 1 aromatic heterocycles. The molecular formula is C27H33F3N4O. The monoisotopic (exact) mass is 486 g/mol. The van der Waals surface area contributed by atoms with E-state index in [1.54, 1.807) is 4.90 Å². The molecule has 1 aliphatic carbocycles. The van der Waals surface area contributed by atoms with Gasteiger partial charge in [0, 0.05) is 57.2 Å². The Kier molecular flexibility index (Phi) is 5.82. The highest BCUT2D eigenvalue weighted by molar-refractivity contribution is 5.56. The fourth-order valence-corrected chi connectivity index (χ4v) is 6.15. The standard InChI is InChI=1S/C27H33F3N4O/c28-27(29,30)23-5-2-12-31-25(23)34-17-15-33(16-18-34)22-6-7-24-20(19-22)8-9-26(35-24)10-13-32(14-11-26)21-3-1-4-21/h2,5-7,12,19,21H,1,3-4,8-11,13-18H2. The number of halogens is 3. The molecule has 4 heterocycles. The van der Waals surface area contributed by atoms with E-state index in [9.17, 15) is 13.2 Å². The first-order valence-corrected chi connectivity index (χ1v) is 13.0. The molecule has 0 radical (unpaired) electrons. The number of hydrogen-bond acceptors (Lipinski definition) is 5. The van der Waals surface area contributed by atoms with E-state index in [1.165, 1.54) is 37.1 Å². The number of benzene rings is 1. The number of fused-ring (bicyclic) bond motifs is 1. The topological polar surface area (TPSA) is 31.8 Å². The van der Waals surface area contributed by atoms with E-state index in [1.807, 2.05) is 0 Å². The highest BCUT2D eigenvalue weighted by Gasteiger charge is 2.41. The molecule has 0 unspecified atom stereocenters. The molecule has 2 aromatic rings. The van der Waals surface area contributed by atoms with Gasteiger partial charge in [-0.1, -0.05) is 6.42 Å². The van der Waals surface area contributed by atoms with Crippen LogP contribution in [0.25, 0.3) is 0 Å². The molecule has 188 valence electrons. The number of alkyl halides is 3. The lowest BCUT2D eigenvalue weighted by molar-refractivity contribution is -0.137. The Morgan fingerprint density at radius 1 is 0.914 bits per heavy atom. The van der Waals surface area contributed by atoms with E-state index in [2.05, 4.69) is 33.0 Å². The summed E-state index contributed by atoms with van der Waals surface area (Å²) in [5.41, 5.74) is 1.70. The van der Waals surface area contributed by atoms with Gasteiger partial charge in [0.05, 0.1) is 5.56 Å². The number of piperidine rings is 1. The molecule has 0 N–H and O–H groups in total.